The van der Waals surface area contributed by atoms with E-state index in [1.54, 1.807) is 49.4 Å². The van der Waals surface area contributed by atoms with E-state index < -0.39 is 0 Å². The van der Waals surface area contributed by atoms with Crippen LogP contribution in [0, 0.1) is 6.92 Å². The van der Waals surface area contributed by atoms with Crippen molar-refractivity contribution < 1.29 is 4.74 Å². The van der Waals surface area contributed by atoms with Crippen molar-refractivity contribution in [3.8, 4) is 0 Å². The van der Waals surface area contributed by atoms with Gasteiger partial charge in [-0.2, -0.15) is 0 Å². The Balaban J connectivity index is 1.27. The second kappa shape index (κ2) is 9.88. The zero-order valence-corrected chi connectivity index (χ0v) is 21.5. The molecule has 3 aromatic heterocycles. The number of fused-ring (bicyclic) bond motifs is 3. The zero-order chi connectivity index (χ0) is 24.5. The van der Waals surface area contributed by atoms with E-state index in [0.29, 0.717) is 13.3 Å². The van der Waals surface area contributed by atoms with Crippen molar-refractivity contribution in [1.29, 1.82) is 0 Å². The van der Waals surface area contributed by atoms with E-state index in [4.69, 9.17) is 4.74 Å². The highest BCUT2D eigenvalue weighted by Gasteiger charge is 2.26. The molecule has 0 atom stereocenters. The molecule has 0 spiro atoms. The van der Waals surface area contributed by atoms with Gasteiger partial charge in [-0.25, -0.2) is 24.9 Å². The maximum absolute atomic E-state index is 5.49. The van der Waals surface area contributed by atoms with Crippen molar-refractivity contribution >= 4 is 46.2 Å². The topological polar surface area (TPSA) is 81.9 Å². The quantitative estimate of drug-likeness (QED) is 0.208. The molecule has 4 heterocycles. The predicted octanol–water partition coefficient (Wildman–Crippen LogP) is 5.47. The summed E-state index contributed by atoms with van der Waals surface area (Å²) in [4.78, 5) is 26.0. The lowest BCUT2D eigenvalue weighted by molar-refractivity contribution is 0.204. The van der Waals surface area contributed by atoms with E-state index in [9.17, 15) is 0 Å². The number of aromatic nitrogens is 6. The Kier molecular flexibility index (Phi) is 6.30. The Morgan fingerprint density at radius 2 is 1.89 bits per heavy atom. The van der Waals surface area contributed by atoms with Crippen LogP contribution in [-0.4, -0.2) is 43.3 Å². The van der Waals surface area contributed by atoms with Gasteiger partial charge in [0.2, 0.25) is 0 Å². The highest BCUT2D eigenvalue weighted by molar-refractivity contribution is 7.99. The number of rotatable bonds is 7. The first-order valence-corrected chi connectivity index (χ1v) is 13.2. The molecule has 8 nitrogen and oxygen atoms in total. The van der Waals surface area contributed by atoms with Gasteiger partial charge in [0.25, 0.3) is 0 Å². The van der Waals surface area contributed by atoms with Crippen molar-refractivity contribution in [2.45, 2.75) is 34.2 Å². The second-order valence-corrected chi connectivity index (χ2v) is 10.4. The fourth-order valence-corrected chi connectivity index (χ4v) is 6.11. The van der Waals surface area contributed by atoms with Gasteiger partial charge < -0.3 is 9.30 Å². The molecule has 10 heteroatoms. The van der Waals surface area contributed by atoms with Crippen LogP contribution in [0.25, 0.3) is 11.2 Å². The third-order valence-electron chi connectivity index (χ3n) is 5.86. The number of imidazole rings is 1. The largest absolute Gasteiger partial charge is 0.364 e. The summed E-state index contributed by atoms with van der Waals surface area (Å²) in [5, 5.41) is 1.77. The standard InChI is InChI=1S/C26H23N7OS2/c1-17-4-3-5-19(10-17)13-35-25-22-23(29-14-30-25)32(15-31-22)12-18-6-7-21-20(11-18)33(16-34-2)24-26(36-21)28-9-8-27-24/h3-11,14-15H,12-13,16H2,1-2H3. The third-order valence-corrected chi connectivity index (χ3v) is 7.96. The molecule has 6 rings (SSSR count). The van der Waals surface area contributed by atoms with Crippen LogP contribution < -0.4 is 4.90 Å². The molecule has 0 saturated heterocycles. The molecule has 0 unspecified atom stereocenters. The van der Waals surface area contributed by atoms with Crippen molar-refractivity contribution in [2.75, 3.05) is 18.7 Å². The van der Waals surface area contributed by atoms with E-state index in [0.717, 1.165) is 48.9 Å². The first-order chi connectivity index (χ1) is 17.7. The second-order valence-electron chi connectivity index (χ2n) is 8.44. The SMILES string of the molecule is COCN1c2cc(Cn3cnc4c(SCc5cccc(C)c5)ncnc43)ccc2Sc2nccnc21. The molecule has 2 aromatic carbocycles. The smallest absolute Gasteiger partial charge is 0.168 e. The van der Waals surface area contributed by atoms with Gasteiger partial charge in [0.15, 0.2) is 11.5 Å². The Labute approximate surface area is 217 Å². The molecule has 0 aliphatic carbocycles. The lowest BCUT2D eigenvalue weighted by Crippen LogP contribution is -2.24. The van der Waals surface area contributed by atoms with Crippen molar-refractivity contribution in [1.82, 2.24) is 29.5 Å². The Morgan fingerprint density at radius 3 is 2.78 bits per heavy atom. The predicted molar refractivity (Wildman–Crippen MR) is 142 cm³/mol. The lowest BCUT2D eigenvalue weighted by atomic mass is 10.2. The van der Waals surface area contributed by atoms with E-state index in [1.807, 2.05) is 6.33 Å². The van der Waals surface area contributed by atoms with Gasteiger partial charge in [-0.3, -0.25) is 4.90 Å². The van der Waals surface area contributed by atoms with E-state index in [1.165, 1.54) is 11.1 Å². The van der Waals surface area contributed by atoms with Crippen LogP contribution in [0.1, 0.15) is 16.7 Å². The summed E-state index contributed by atoms with van der Waals surface area (Å²) in [7, 11) is 1.69. The average molecular weight is 514 g/mol. The van der Waals surface area contributed by atoms with Gasteiger partial charge in [0.05, 0.1) is 18.6 Å². The molecule has 0 amide bonds. The van der Waals surface area contributed by atoms with Crippen LogP contribution >= 0.6 is 23.5 Å². The molecule has 0 N–H and O–H groups in total. The number of hydrogen-bond donors (Lipinski definition) is 0. The summed E-state index contributed by atoms with van der Waals surface area (Å²) >= 11 is 3.31. The van der Waals surface area contributed by atoms with Gasteiger partial charge in [-0.15, -0.1) is 0 Å². The number of hydrogen-bond acceptors (Lipinski definition) is 9. The van der Waals surface area contributed by atoms with Gasteiger partial charge >= 0.3 is 0 Å². The minimum Gasteiger partial charge on any atom is -0.364 e. The van der Waals surface area contributed by atoms with E-state index >= 15 is 0 Å². The molecule has 1 aliphatic heterocycles. The third kappa shape index (κ3) is 4.43. The van der Waals surface area contributed by atoms with Crippen molar-refractivity contribution in [3.05, 3.63) is 84.2 Å². The van der Waals surface area contributed by atoms with Crippen LogP contribution in [-0.2, 0) is 17.0 Å². The van der Waals surface area contributed by atoms with Gasteiger partial charge in [-0.05, 0) is 30.2 Å². The number of ether oxygens (including phenoxy) is 1. The molecule has 36 heavy (non-hydrogen) atoms. The highest BCUT2D eigenvalue weighted by Crippen LogP contribution is 2.46. The molecule has 5 aromatic rings. The molecular formula is C26H23N7OS2. The maximum Gasteiger partial charge on any atom is 0.168 e. The summed E-state index contributed by atoms with van der Waals surface area (Å²) < 4.78 is 7.56. The molecule has 0 bridgehead atoms. The van der Waals surface area contributed by atoms with Gasteiger partial charge in [0.1, 0.15) is 28.6 Å². The van der Waals surface area contributed by atoms with Crippen LogP contribution in [0.5, 0.6) is 0 Å². The zero-order valence-electron chi connectivity index (χ0n) is 19.8. The molecule has 180 valence electrons. The molecule has 0 radical (unpaired) electrons. The average Bonchev–Trinajstić information content (AvgIpc) is 3.31. The maximum atomic E-state index is 5.49. The normalized spacial score (nSPS) is 12.6. The molecular weight excluding hydrogens is 490 g/mol. The minimum absolute atomic E-state index is 0.394. The molecule has 1 aliphatic rings. The summed E-state index contributed by atoms with van der Waals surface area (Å²) in [6, 6.07) is 15.0. The van der Waals surface area contributed by atoms with Crippen LogP contribution in [0.4, 0.5) is 11.5 Å². The minimum atomic E-state index is 0.394. The summed E-state index contributed by atoms with van der Waals surface area (Å²) in [6.45, 7) is 3.14. The van der Waals surface area contributed by atoms with Crippen LogP contribution in [0.15, 0.2) is 82.5 Å². The van der Waals surface area contributed by atoms with Crippen LogP contribution in [0.3, 0.4) is 0 Å². The van der Waals surface area contributed by atoms with Crippen molar-refractivity contribution in [3.63, 3.8) is 0 Å². The number of benzene rings is 2. The van der Waals surface area contributed by atoms with Gasteiger partial charge in [-0.1, -0.05) is 59.4 Å². The molecule has 0 fully saturated rings. The highest BCUT2D eigenvalue weighted by atomic mass is 32.2. The van der Waals surface area contributed by atoms with Crippen LogP contribution in [0.2, 0.25) is 0 Å². The Morgan fingerprint density at radius 1 is 0.972 bits per heavy atom. The fraction of sp³-hybridized carbons (Fsp3) is 0.192. The first kappa shape index (κ1) is 23.0. The van der Waals surface area contributed by atoms with Gasteiger partial charge in [0, 0.05) is 30.2 Å². The number of aryl methyl sites for hydroxylation is 1. The molecule has 0 saturated carbocycles. The summed E-state index contributed by atoms with van der Waals surface area (Å²) in [6.07, 6.45) is 6.90. The van der Waals surface area contributed by atoms with E-state index in [-0.39, 0.29) is 0 Å². The lowest BCUT2D eigenvalue weighted by Gasteiger charge is -2.30. The fourth-order valence-electron chi connectivity index (χ4n) is 4.24. The Hall–Kier alpha value is -3.47. The number of nitrogens with zero attached hydrogens (tertiary/aromatic N) is 7. The number of thioether (sulfide) groups is 1. The van der Waals surface area contributed by atoms with E-state index in [2.05, 4.69) is 83.8 Å². The summed E-state index contributed by atoms with van der Waals surface area (Å²) in [5.74, 6) is 1.65. The first-order valence-electron chi connectivity index (χ1n) is 11.4. The Bertz CT molecular complexity index is 1550. The summed E-state index contributed by atoms with van der Waals surface area (Å²) in [5.41, 5.74) is 6.37. The number of methoxy groups -OCH3 is 1. The van der Waals surface area contributed by atoms with Crippen molar-refractivity contribution in [2.24, 2.45) is 0 Å². The monoisotopic (exact) mass is 513 g/mol. The number of anilines is 2.